The molecule has 0 aromatic carbocycles. The van der Waals surface area contributed by atoms with E-state index in [0.717, 1.165) is 18.5 Å². The Balaban J connectivity index is 1.64. The Labute approximate surface area is 181 Å². The van der Waals surface area contributed by atoms with Crippen molar-refractivity contribution in [3.63, 3.8) is 0 Å². The maximum Gasteiger partial charge on any atom is 0.258 e. The Bertz CT molecular complexity index is 933. The van der Waals surface area contributed by atoms with Gasteiger partial charge in [0.15, 0.2) is 0 Å². The number of anilines is 2. The SMILES string of the molecule is CC(C)c1ncc(C(=O)Nc2c(N(C)C3CC3)ccnc2C2CCC(F)(F)CC2)cn1. The zero-order valence-corrected chi connectivity index (χ0v) is 18.2. The number of amides is 1. The third kappa shape index (κ3) is 4.83. The van der Waals surface area contributed by atoms with Gasteiger partial charge in [0, 0.05) is 56.4 Å². The number of alkyl halides is 2. The summed E-state index contributed by atoms with van der Waals surface area (Å²) in [6.07, 6.45) is 7.37. The second kappa shape index (κ2) is 8.48. The number of carbonyl (C=O) groups is 1. The number of rotatable bonds is 6. The molecule has 166 valence electrons. The van der Waals surface area contributed by atoms with E-state index in [4.69, 9.17) is 0 Å². The minimum Gasteiger partial charge on any atom is -0.370 e. The summed E-state index contributed by atoms with van der Waals surface area (Å²) < 4.78 is 27.4. The van der Waals surface area contributed by atoms with E-state index in [0.29, 0.717) is 41.7 Å². The van der Waals surface area contributed by atoms with Crippen LogP contribution in [0.1, 0.15) is 86.1 Å². The average molecular weight is 430 g/mol. The molecule has 31 heavy (non-hydrogen) atoms. The average Bonchev–Trinajstić information content (AvgIpc) is 3.59. The van der Waals surface area contributed by atoms with Crippen LogP contribution in [0.3, 0.4) is 0 Å². The number of hydrogen-bond acceptors (Lipinski definition) is 5. The van der Waals surface area contributed by atoms with Crippen molar-refractivity contribution < 1.29 is 13.6 Å². The largest absolute Gasteiger partial charge is 0.370 e. The molecular formula is C23H29F2N5O. The second-order valence-electron chi connectivity index (χ2n) is 9.00. The topological polar surface area (TPSA) is 71.0 Å². The van der Waals surface area contributed by atoms with Crippen LogP contribution in [0.2, 0.25) is 0 Å². The molecule has 2 heterocycles. The van der Waals surface area contributed by atoms with Crippen LogP contribution in [0.5, 0.6) is 0 Å². The van der Waals surface area contributed by atoms with Crippen molar-refractivity contribution in [2.75, 3.05) is 17.3 Å². The number of carbonyl (C=O) groups excluding carboxylic acids is 1. The number of aromatic nitrogens is 3. The summed E-state index contributed by atoms with van der Waals surface area (Å²) in [5.41, 5.74) is 2.53. The van der Waals surface area contributed by atoms with Crippen molar-refractivity contribution in [3.8, 4) is 0 Å². The highest BCUT2D eigenvalue weighted by Crippen LogP contribution is 2.45. The van der Waals surface area contributed by atoms with Gasteiger partial charge in [0.1, 0.15) is 5.82 Å². The predicted molar refractivity (Wildman–Crippen MR) is 116 cm³/mol. The van der Waals surface area contributed by atoms with Crippen LogP contribution < -0.4 is 10.2 Å². The molecule has 0 atom stereocenters. The van der Waals surface area contributed by atoms with Crippen molar-refractivity contribution in [3.05, 3.63) is 41.7 Å². The summed E-state index contributed by atoms with van der Waals surface area (Å²) in [5.74, 6) is -2.20. The van der Waals surface area contributed by atoms with Gasteiger partial charge in [-0.2, -0.15) is 0 Å². The molecule has 4 rings (SSSR count). The number of halogens is 2. The second-order valence-corrected chi connectivity index (χ2v) is 9.00. The summed E-state index contributed by atoms with van der Waals surface area (Å²) >= 11 is 0. The predicted octanol–water partition coefficient (Wildman–Crippen LogP) is 5.14. The van der Waals surface area contributed by atoms with Crippen molar-refractivity contribution >= 4 is 17.3 Å². The molecule has 2 fully saturated rings. The first-order valence-corrected chi connectivity index (χ1v) is 11.0. The summed E-state index contributed by atoms with van der Waals surface area (Å²) in [5, 5.41) is 3.02. The molecule has 2 aliphatic carbocycles. The highest BCUT2D eigenvalue weighted by molar-refractivity contribution is 6.06. The number of nitrogens with one attached hydrogen (secondary N) is 1. The van der Waals surface area contributed by atoms with E-state index in [1.165, 1.54) is 12.4 Å². The molecule has 8 heteroatoms. The molecule has 6 nitrogen and oxygen atoms in total. The zero-order chi connectivity index (χ0) is 22.2. The molecule has 0 spiro atoms. The fourth-order valence-corrected chi connectivity index (χ4v) is 4.11. The monoisotopic (exact) mass is 429 g/mol. The van der Waals surface area contributed by atoms with Crippen LogP contribution in [0, 0.1) is 0 Å². The minimum absolute atomic E-state index is 0.109. The van der Waals surface area contributed by atoms with Crippen LogP contribution in [-0.4, -0.2) is 39.9 Å². The lowest BCUT2D eigenvalue weighted by Gasteiger charge is -2.31. The first-order chi connectivity index (χ1) is 14.7. The smallest absolute Gasteiger partial charge is 0.258 e. The van der Waals surface area contributed by atoms with Gasteiger partial charge < -0.3 is 10.2 Å². The van der Waals surface area contributed by atoms with Gasteiger partial charge in [-0.25, -0.2) is 18.7 Å². The lowest BCUT2D eigenvalue weighted by atomic mass is 9.83. The number of nitrogens with zero attached hydrogens (tertiary/aromatic N) is 4. The Kier molecular flexibility index (Phi) is 5.90. The zero-order valence-electron chi connectivity index (χ0n) is 18.2. The Morgan fingerprint density at radius 3 is 2.35 bits per heavy atom. The lowest BCUT2D eigenvalue weighted by molar-refractivity contribution is -0.0384. The summed E-state index contributed by atoms with van der Waals surface area (Å²) in [4.78, 5) is 28.3. The van der Waals surface area contributed by atoms with Gasteiger partial charge in [-0.15, -0.1) is 0 Å². The van der Waals surface area contributed by atoms with Crippen molar-refractivity contribution in [2.45, 2.75) is 76.2 Å². The maximum atomic E-state index is 13.7. The molecule has 2 saturated carbocycles. The van der Waals surface area contributed by atoms with Gasteiger partial charge in [-0.05, 0) is 31.7 Å². The number of hydrogen-bond donors (Lipinski definition) is 1. The van der Waals surface area contributed by atoms with Crippen LogP contribution >= 0.6 is 0 Å². The highest BCUT2D eigenvalue weighted by Gasteiger charge is 2.37. The maximum absolute atomic E-state index is 13.7. The van der Waals surface area contributed by atoms with Crippen LogP contribution in [0.15, 0.2) is 24.7 Å². The van der Waals surface area contributed by atoms with E-state index >= 15 is 0 Å². The first-order valence-electron chi connectivity index (χ1n) is 11.0. The first kappa shape index (κ1) is 21.6. The van der Waals surface area contributed by atoms with Crippen LogP contribution in [0.25, 0.3) is 0 Å². The van der Waals surface area contributed by atoms with Gasteiger partial charge in [0.25, 0.3) is 5.91 Å². The van der Waals surface area contributed by atoms with Crippen molar-refractivity contribution in [1.29, 1.82) is 0 Å². The molecule has 1 amide bonds. The van der Waals surface area contributed by atoms with E-state index in [1.807, 2.05) is 27.0 Å². The molecule has 2 aromatic heterocycles. The van der Waals surface area contributed by atoms with Gasteiger partial charge in [0.05, 0.1) is 22.6 Å². The van der Waals surface area contributed by atoms with Crippen LogP contribution in [0.4, 0.5) is 20.2 Å². The fourth-order valence-electron chi connectivity index (χ4n) is 4.11. The van der Waals surface area contributed by atoms with E-state index in [9.17, 15) is 13.6 Å². The molecule has 0 saturated heterocycles. The van der Waals surface area contributed by atoms with Gasteiger partial charge in [-0.3, -0.25) is 9.78 Å². The fraction of sp³-hybridized carbons (Fsp3) is 0.565. The van der Waals surface area contributed by atoms with E-state index in [2.05, 4.69) is 25.2 Å². The number of pyridine rings is 1. The molecule has 0 radical (unpaired) electrons. The Morgan fingerprint density at radius 2 is 1.77 bits per heavy atom. The molecule has 0 aliphatic heterocycles. The summed E-state index contributed by atoms with van der Waals surface area (Å²) in [6.45, 7) is 3.98. The third-order valence-corrected chi connectivity index (χ3v) is 6.23. The Morgan fingerprint density at radius 1 is 1.13 bits per heavy atom. The molecular weight excluding hydrogens is 400 g/mol. The van der Waals surface area contributed by atoms with Gasteiger partial charge in [-0.1, -0.05) is 13.8 Å². The summed E-state index contributed by atoms with van der Waals surface area (Å²) in [6, 6.07) is 2.31. The third-order valence-electron chi connectivity index (χ3n) is 6.23. The Hall–Kier alpha value is -2.64. The molecule has 1 N–H and O–H groups in total. The van der Waals surface area contributed by atoms with Gasteiger partial charge >= 0.3 is 0 Å². The lowest BCUT2D eigenvalue weighted by Crippen LogP contribution is -2.27. The van der Waals surface area contributed by atoms with Crippen molar-refractivity contribution in [2.24, 2.45) is 0 Å². The van der Waals surface area contributed by atoms with Crippen LogP contribution in [-0.2, 0) is 0 Å². The van der Waals surface area contributed by atoms with Crippen molar-refractivity contribution in [1.82, 2.24) is 15.0 Å². The molecule has 0 bridgehead atoms. The molecule has 2 aromatic rings. The van der Waals surface area contributed by atoms with E-state index < -0.39 is 5.92 Å². The summed E-state index contributed by atoms with van der Waals surface area (Å²) in [7, 11) is 2.00. The highest BCUT2D eigenvalue weighted by atomic mass is 19.3. The van der Waals surface area contributed by atoms with Gasteiger partial charge in [0.2, 0.25) is 5.92 Å². The minimum atomic E-state index is -2.61. The van der Waals surface area contributed by atoms with E-state index in [1.54, 1.807) is 6.20 Å². The quantitative estimate of drug-likeness (QED) is 0.689. The van der Waals surface area contributed by atoms with E-state index in [-0.39, 0.29) is 30.6 Å². The normalized spacial score (nSPS) is 18.8. The molecule has 0 unspecified atom stereocenters. The molecule has 2 aliphatic rings. The standard InChI is InChI=1S/C23H29F2N5O/c1-14(2)21-27-12-16(13-28-21)22(31)29-20-18(30(3)17-4-5-17)8-11-26-19(20)15-6-9-23(24,25)10-7-15/h8,11-15,17H,4-7,9-10H2,1-3H3,(H,29,31).